The maximum atomic E-state index is 5.95. The first-order valence-corrected chi connectivity index (χ1v) is 5.49. The zero-order valence-electron chi connectivity index (χ0n) is 7.42. The fourth-order valence-electron chi connectivity index (χ4n) is 2.02. The highest BCUT2D eigenvalue weighted by Gasteiger charge is 2.23. The molecule has 0 amide bonds. The number of thiophene rings is 1. The van der Waals surface area contributed by atoms with Gasteiger partial charge in [0.05, 0.1) is 0 Å². The van der Waals surface area contributed by atoms with E-state index >= 15 is 0 Å². The molecule has 0 fully saturated rings. The minimum atomic E-state index is 0.322. The molecule has 0 aromatic carbocycles. The topological polar surface area (TPSA) is 26.0 Å². The Morgan fingerprint density at radius 3 is 3.25 bits per heavy atom. The van der Waals surface area contributed by atoms with Crippen LogP contribution in [-0.2, 0) is 6.42 Å². The normalized spacial score (nSPS) is 25.0. The SMILES string of the molecule is C[C@H](N)[C@H]1CCCc2ccsc21. The van der Waals surface area contributed by atoms with E-state index in [1.54, 1.807) is 10.4 Å². The highest BCUT2D eigenvalue weighted by atomic mass is 32.1. The van der Waals surface area contributed by atoms with E-state index in [4.69, 9.17) is 5.73 Å². The van der Waals surface area contributed by atoms with Gasteiger partial charge >= 0.3 is 0 Å². The smallest absolute Gasteiger partial charge is 0.0123 e. The van der Waals surface area contributed by atoms with Gasteiger partial charge in [0.1, 0.15) is 0 Å². The Kier molecular flexibility index (Phi) is 2.20. The van der Waals surface area contributed by atoms with Crippen molar-refractivity contribution in [2.24, 2.45) is 5.73 Å². The molecule has 1 aliphatic rings. The lowest BCUT2D eigenvalue weighted by Gasteiger charge is -2.25. The van der Waals surface area contributed by atoms with Crippen LogP contribution in [0.3, 0.4) is 0 Å². The van der Waals surface area contributed by atoms with Gasteiger partial charge in [0.2, 0.25) is 0 Å². The predicted molar refractivity (Wildman–Crippen MR) is 53.6 cm³/mol. The first-order valence-electron chi connectivity index (χ1n) is 4.61. The molecule has 1 aliphatic carbocycles. The van der Waals surface area contributed by atoms with Crippen LogP contribution in [0, 0.1) is 0 Å². The van der Waals surface area contributed by atoms with Crippen molar-refractivity contribution in [2.75, 3.05) is 0 Å². The molecule has 1 aromatic heterocycles. The molecule has 2 heteroatoms. The number of hydrogen-bond donors (Lipinski definition) is 1. The van der Waals surface area contributed by atoms with Crippen LogP contribution < -0.4 is 5.73 Å². The Labute approximate surface area is 77.6 Å². The minimum Gasteiger partial charge on any atom is -0.327 e. The molecular weight excluding hydrogens is 166 g/mol. The Balaban J connectivity index is 2.31. The quantitative estimate of drug-likeness (QED) is 0.708. The summed E-state index contributed by atoms with van der Waals surface area (Å²) in [5, 5.41) is 2.20. The maximum absolute atomic E-state index is 5.95. The number of fused-ring (bicyclic) bond motifs is 1. The van der Waals surface area contributed by atoms with Gasteiger partial charge < -0.3 is 5.73 Å². The van der Waals surface area contributed by atoms with Crippen LogP contribution in [0.25, 0.3) is 0 Å². The van der Waals surface area contributed by atoms with E-state index in [1.165, 1.54) is 19.3 Å². The highest BCUT2D eigenvalue weighted by molar-refractivity contribution is 7.10. The molecule has 0 radical (unpaired) electrons. The molecule has 2 rings (SSSR count). The fraction of sp³-hybridized carbons (Fsp3) is 0.600. The summed E-state index contributed by atoms with van der Waals surface area (Å²) >= 11 is 1.88. The zero-order valence-corrected chi connectivity index (χ0v) is 8.23. The third-order valence-corrected chi connectivity index (χ3v) is 3.80. The van der Waals surface area contributed by atoms with Crippen LogP contribution in [0.5, 0.6) is 0 Å². The fourth-order valence-corrected chi connectivity index (χ4v) is 3.23. The summed E-state index contributed by atoms with van der Waals surface area (Å²) in [7, 11) is 0. The summed E-state index contributed by atoms with van der Waals surface area (Å²) in [5.41, 5.74) is 7.50. The van der Waals surface area contributed by atoms with E-state index in [9.17, 15) is 0 Å². The molecule has 1 aromatic rings. The second-order valence-electron chi connectivity index (χ2n) is 3.67. The Bertz CT molecular complexity index is 265. The lowest BCUT2D eigenvalue weighted by Crippen LogP contribution is -2.26. The Morgan fingerprint density at radius 2 is 2.50 bits per heavy atom. The van der Waals surface area contributed by atoms with Crippen molar-refractivity contribution in [1.82, 2.24) is 0 Å². The summed E-state index contributed by atoms with van der Waals surface area (Å²) < 4.78 is 0. The molecule has 0 saturated carbocycles. The molecule has 0 aliphatic heterocycles. The van der Waals surface area contributed by atoms with Crippen LogP contribution in [0.2, 0.25) is 0 Å². The van der Waals surface area contributed by atoms with E-state index in [0.29, 0.717) is 12.0 Å². The zero-order chi connectivity index (χ0) is 8.55. The summed E-state index contributed by atoms with van der Waals surface area (Å²) in [6.07, 6.45) is 3.86. The molecule has 1 heterocycles. The third-order valence-electron chi connectivity index (χ3n) is 2.71. The van der Waals surface area contributed by atoms with Gasteiger partial charge in [-0.3, -0.25) is 0 Å². The largest absolute Gasteiger partial charge is 0.327 e. The van der Waals surface area contributed by atoms with Crippen molar-refractivity contribution in [1.29, 1.82) is 0 Å². The van der Waals surface area contributed by atoms with Gasteiger partial charge in [-0.2, -0.15) is 0 Å². The predicted octanol–water partition coefficient (Wildman–Crippen LogP) is 2.52. The molecule has 66 valence electrons. The van der Waals surface area contributed by atoms with Gasteiger partial charge in [-0.05, 0) is 43.2 Å². The summed E-state index contributed by atoms with van der Waals surface area (Å²) in [6.45, 7) is 2.12. The second-order valence-corrected chi connectivity index (χ2v) is 4.62. The minimum absolute atomic E-state index is 0.322. The molecule has 0 unspecified atom stereocenters. The standard InChI is InChI=1S/C10H15NS/c1-7(11)9-4-2-3-8-5-6-12-10(8)9/h5-7,9H,2-4,11H2,1H3/t7-,9+/m0/s1. The number of hydrogen-bond acceptors (Lipinski definition) is 2. The van der Waals surface area contributed by atoms with Crippen molar-refractivity contribution in [3.63, 3.8) is 0 Å². The van der Waals surface area contributed by atoms with Gasteiger partial charge in [-0.1, -0.05) is 0 Å². The number of aryl methyl sites for hydroxylation is 1. The molecule has 2 N–H and O–H groups in total. The van der Waals surface area contributed by atoms with Gasteiger partial charge in [0.15, 0.2) is 0 Å². The first-order chi connectivity index (χ1) is 5.79. The Hall–Kier alpha value is -0.340. The van der Waals surface area contributed by atoms with Gasteiger partial charge in [0.25, 0.3) is 0 Å². The first kappa shape index (κ1) is 8.27. The molecule has 12 heavy (non-hydrogen) atoms. The van der Waals surface area contributed by atoms with Crippen LogP contribution in [0.15, 0.2) is 11.4 Å². The van der Waals surface area contributed by atoms with Crippen LogP contribution >= 0.6 is 11.3 Å². The van der Waals surface area contributed by atoms with E-state index < -0.39 is 0 Å². The van der Waals surface area contributed by atoms with Crippen molar-refractivity contribution in [3.8, 4) is 0 Å². The van der Waals surface area contributed by atoms with Crippen molar-refractivity contribution >= 4 is 11.3 Å². The molecular formula is C10H15NS. The van der Waals surface area contributed by atoms with Crippen molar-refractivity contribution < 1.29 is 0 Å². The highest BCUT2D eigenvalue weighted by Crippen LogP contribution is 2.36. The van der Waals surface area contributed by atoms with E-state index in [2.05, 4.69) is 18.4 Å². The number of rotatable bonds is 1. The summed E-state index contributed by atoms with van der Waals surface area (Å²) in [4.78, 5) is 1.55. The summed E-state index contributed by atoms with van der Waals surface area (Å²) in [5.74, 6) is 0.633. The van der Waals surface area contributed by atoms with Crippen LogP contribution in [0.4, 0.5) is 0 Å². The van der Waals surface area contributed by atoms with Crippen LogP contribution in [0.1, 0.15) is 36.1 Å². The van der Waals surface area contributed by atoms with Gasteiger partial charge in [0, 0.05) is 16.8 Å². The maximum Gasteiger partial charge on any atom is 0.0123 e. The molecule has 2 atom stereocenters. The van der Waals surface area contributed by atoms with Crippen LogP contribution in [-0.4, -0.2) is 6.04 Å². The Morgan fingerprint density at radius 1 is 1.67 bits per heavy atom. The van der Waals surface area contributed by atoms with E-state index in [-0.39, 0.29) is 0 Å². The van der Waals surface area contributed by atoms with Gasteiger partial charge in [-0.15, -0.1) is 11.3 Å². The molecule has 1 nitrogen and oxygen atoms in total. The lowest BCUT2D eigenvalue weighted by molar-refractivity contribution is 0.494. The second kappa shape index (κ2) is 3.19. The molecule has 0 spiro atoms. The average Bonchev–Trinajstić information content (AvgIpc) is 2.49. The van der Waals surface area contributed by atoms with Crippen molar-refractivity contribution in [2.45, 2.75) is 38.1 Å². The third kappa shape index (κ3) is 1.29. The van der Waals surface area contributed by atoms with E-state index in [1.807, 2.05) is 11.3 Å². The molecule has 0 saturated heterocycles. The lowest BCUT2D eigenvalue weighted by atomic mass is 9.85. The van der Waals surface area contributed by atoms with Gasteiger partial charge in [-0.25, -0.2) is 0 Å². The van der Waals surface area contributed by atoms with E-state index in [0.717, 1.165) is 0 Å². The van der Waals surface area contributed by atoms with Crippen molar-refractivity contribution in [3.05, 3.63) is 21.9 Å². The monoisotopic (exact) mass is 181 g/mol. The summed E-state index contributed by atoms with van der Waals surface area (Å²) in [6, 6.07) is 2.58. The average molecular weight is 181 g/mol. The molecule has 0 bridgehead atoms. The number of nitrogens with two attached hydrogens (primary N) is 1.